The van der Waals surface area contributed by atoms with Crippen LogP contribution in [-0.4, -0.2) is 20.9 Å². The quantitative estimate of drug-likeness (QED) is 0.790. The first-order valence-electron chi connectivity index (χ1n) is 6.33. The van der Waals surface area contributed by atoms with E-state index >= 15 is 0 Å². The van der Waals surface area contributed by atoms with Crippen molar-refractivity contribution in [3.05, 3.63) is 67.3 Å². The fourth-order valence-corrected chi connectivity index (χ4v) is 2.59. The SMILES string of the molecule is O=c1[nH]c(=S)n(-c2ccc(Br)cc2)c(O)c1C=C1C=CC=N1. The third kappa shape index (κ3) is 2.72. The highest BCUT2D eigenvalue weighted by molar-refractivity contribution is 9.10. The van der Waals surface area contributed by atoms with Crippen molar-refractivity contribution in [2.75, 3.05) is 0 Å². The summed E-state index contributed by atoms with van der Waals surface area (Å²) >= 11 is 8.51. The van der Waals surface area contributed by atoms with Gasteiger partial charge in [0.25, 0.3) is 5.56 Å². The van der Waals surface area contributed by atoms with Crippen molar-refractivity contribution in [3.63, 3.8) is 0 Å². The molecule has 110 valence electrons. The molecule has 0 bridgehead atoms. The van der Waals surface area contributed by atoms with Gasteiger partial charge in [-0.2, -0.15) is 0 Å². The third-order valence-electron chi connectivity index (χ3n) is 3.07. The number of nitrogens with zero attached hydrogens (tertiary/aromatic N) is 2. The molecule has 0 saturated heterocycles. The van der Waals surface area contributed by atoms with E-state index in [0.29, 0.717) is 11.4 Å². The highest BCUT2D eigenvalue weighted by atomic mass is 79.9. The van der Waals surface area contributed by atoms with Gasteiger partial charge in [-0.1, -0.05) is 15.9 Å². The number of allylic oxidation sites excluding steroid dienone is 2. The minimum atomic E-state index is -0.459. The summed E-state index contributed by atoms with van der Waals surface area (Å²) in [4.78, 5) is 18.7. The Kier molecular flexibility index (Phi) is 3.91. The Labute approximate surface area is 139 Å². The zero-order valence-electron chi connectivity index (χ0n) is 11.2. The second kappa shape index (κ2) is 5.86. The Morgan fingerprint density at radius 2 is 2.05 bits per heavy atom. The van der Waals surface area contributed by atoms with Crippen LogP contribution < -0.4 is 5.56 Å². The van der Waals surface area contributed by atoms with Crippen LogP contribution in [0, 0.1) is 4.77 Å². The number of nitrogens with one attached hydrogen (secondary N) is 1. The molecule has 5 nitrogen and oxygen atoms in total. The molecule has 0 unspecified atom stereocenters. The van der Waals surface area contributed by atoms with Crippen LogP contribution >= 0.6 is 28.1 Å². The number of halogens is 1. The molecule has 0 atom stereocenters. The number of aromatic nitrogens is 2. The van der Waals surface area contributed by atoms with Crippen LogP contribution in [0.1, 0.15) is 5.56 Å². The fourth-order valence-electron chi connectivity index (χ4n) is 2.05. The molecule has 0 amide bonds. The van der Waals surface area contributed by atoms with Gasteiger partial charge in [0, 0.05) is 10.7 Å². The Bertz CT molecular complexity index is 923. The van der Waals surface area contributed by atoms with Crippen LogP contribution in [0.4, 0.5) is 0 Å². The Morgan fingerprint density at radius 3 is 2.68 bits per heavy atom. The number of aliphatic imine (C=N–C) groups is 1. The van der Waals surface area contributed by atoms with E-state index in [9.17, 15) is 9.90 Å². The fraction of sp³-hybridized carbons (Fsp3) is 0. The van der Waals surface area contributed by atoms with Gasteiger partial charge in [0.05, 0.1) is 11.4 Å². The highest BCUT2D eigenvalue weighted by Crippen LogP contribution is 2.23. The number of hydrogen-bond acceptors (Lipinski definition) is 4. The molecule has 22 heavy (non-hydrogen) atoms. The van der Waals surface area contributed by atoms with Gasteiger partial charge < -0.3 is 5.11 Å². The van der Waals surface area contributed by atoms with Crippen molar-refractivity contribution >= 4 is 40.4 Å². The molecule has 2 heterocycles. The summed E-state index contributed by atoms with van der Waals surface area (Å²) in [7, 11) is 0. The minimum absolute atomic E-state index is 0.107. The first-order valence-corrected chi connectivity index (χ1v) is 7.53. The second-order valence-electron chi connectivity index (χ2n) is 4.51. The van der Waals surface area contributed by atoms with Crippen LogP contribution in [0.2, 0.25) is 0 Å². The highest BCUT2D eigenvalue weighted by Gasteiger charge is 2.13. The maximum Gasteiger partial charge on any atom is 0.262 e. The van der Waals surface area contributed by atoms with E-state index in [0.717, 1.165) is 4.47 Å². The smallest absolute Gasteiger partial charge is 0.262 e. The number of hydrogen-bond donors (Lipinski definition) is 2. The first-order chi connectivity index (χ1) is 10.6. The molecule has 0 aliphatic carbocycles. The van der Waals surface area contributed by atoms with E-state index in [1.165, 1.54) is 10.6 Å². The summed E-state index contributed by atoms with van der Waals surface area (Å²) in [5.74, 6) is -0.223. The summed E-state index contributed by atoms with van der Waals surface area (Å²) in [5.41, 5.74) is 0.876. The van der Waals surface area contributed by atoms with Crippen molar-refractivity contribution in [2.45, 2.75) is 0 Å². The lowest BCUT2D eigenvalue weighted by Crippen LogP contribution is -2.16. The van der Waals surface area contributed by atoms with Gasteiger partial charge in [0.1, 0.15) is 5.56 Å². The van der Waals surface area contributed by atoms with Gasteiger partial charge in [0.2, 0.25) is 5.88 Å². The summed E-state index contributed by atoms with van der Waals surface area (Å²) in [6, 6.07) is 7.21. The molecule has 1 aliphatic heterocycles. The van der Waals surface area contributed by atoms with E-state index in [4.69, 9.17) is 12.2 Å². The van der Waals surface area contributed by atoms with E-state index < -0.39 is 5.56 Å². The van der Waals surface area contributed by atoms with Crippen molar-refractivity contribution in [1.82, 2.24) is 9.55 Å². The van der Waals surface area contributed by atoms with Crippen LogP contribution in [-0.2, 0) is 0 Å². The number of aromatic amines is 1. The van der Waals surface area contributed by atoms with Crippen molar-refractivity contribution in [2.24, 2.45) is 4.99 Å². The van der Waals surface area contributed by atoms with Crippen LogP contribution in [0.5, 0.6) is 5.88 Å². The van der Waals surface area contributed by atoms with Gasteiger partial charge >= 0.3 is 0 Å². The lowest BCUT2D eigenvalue weighted by Gasteiger charge is -2.11. The first kappa shape index (κ1) is 14.7. The zero-order chi connectivity index (χ0) is 15.7. The summed E-state index contributed by atoms with van der Waals surface area (Å²) in [5, 5.41) is 10.5. The summed E-state index contributed by atoms with van der Waals surface area (Å²) < 4.78 is 2.43. The molecule has 7 heteroatoms. The Morgan fingerprint density at radius 1 is 1.32 bits per heavy atom. The molecule has 1 aromatic carbocycles. The van der Waals surface area contributed by atoms with E-state index in [2.05, 4.69) is 25.9 Å². The Balaban J connectivity index is 2.24. The molecule has 0 saturated carbocycles. The maximum absolute atomic E-state index is 12.1. The van der Waals surface area contributed by atoms with Gasteiger partial charge in [-0.05, 0) is 54.7 Å². The van der Waals surface area contributed by atoms with E-state index in [1.54, 1.807) is 30.5 Å². The average molecular weight is 376 g/mol. The molecule has 1 aromatic heterocycles. The predicted molar refractivity (Wildman–Crippen MR) is 92.2 cm³/mol. The average Bonchev–Trinajstić information content (AvgIpc) is 2.98. The van der Waals surface area contributed by atoms with E-state index in [1.807, 2.05) is 12.1 Å². The van der Waals surface area contributed by atoms with Gasteiger partial charge in [-0.25, -0.2) is 0 Å². The van der Waals surface area contributed by atoms with Gasteiger partial charge in [-0.3, -0.25) is 19.3 Å². The molecule has 2 N–H and O–H groups in total. The van der Waals surface area contributed by atoms with Crippen molar-refractivity contribution < 1.29 is 5.11 Å². The van der Waals surface area contributed by atoms with Gasteiger partial charge in [-0.15, -0.1) is 0 Å². The summed E-state index contributed by atoms with van der Waals surface area (Å²) in [6.45, 7) is 0. The van der Waals surface area contributed by atoms with E-state index in [-0.39, 0.29) is 16.2 Å². The van der Waals surface area contributed by atoms with Crippen molar-refractivity contribution in [1.29, 1.82) is 0 Å². The number of benzene rings is 1. The molecular weight excluding hydrogens is 366 g/mol. The third-order valence-corrected chi connectivity index (χ3v) is 3.89. The zero-order valence-corrected chi connectivity index (χ0v) is 13.6. The molecule has 0 spiro atoms. The topological polar surface area (TPSA) is 70.4 Å². The maximum atomic E-state index is 12.1. The molecular formula is C15H10BrN3O2S. The number of H-pyrrole nitrogens is 1. The minimum Gasteiger partial charge on any atom is -0.494 e. The lowest BCUT2D eigenvalue weighted by atomic mass is 10.2. The van der Waals surface area contributed by atoms with Gasteiger partial charge in [0.15, 0.2) is 4.77 Å². The largest absolute Gasteiger partial charge is 0.494 e. The normalized spacial score (nSPS) is 14.9. The molecule has 0 radical (unpaired) electrons. The number of aromatic hydroxyl groups is 1. The monoisotopic (exact) mass is 375 g/mol. The second-order valence-corrected chi connectivity index (χ2v) is 5.82. The molecule has 0 fully saturated rings. The van der Waals surface area contributed by atoms with Crippen LogP contribution in [0.25, 0.3) is 11.8 Å². The predicted octanol–water partition coefficient (Wildman–Crippen LogP) is 3.34. The van der Waals surface area contributed by atoms with Crippen LogP contribution in [0.15, 0.2) is 56.4 Å². The van der Waals surface area contributed by atoms with Crippen LogP contribution in [0.3, 0.4) is 0 Å². The lowest BCUT2D eigenvalue weighted by molar-refractivity contribution is 0.432. The summed E-state index contributed by atoms with van der Waals surface area (Å²) in [6.07, 6.45) is 6.62. The molecule has 2 aromatic rings. The number of rotatable bonds is 2. The standard InChI is InChI=1S/C15H10BrN3O2S/c16-9-3-5-11(6-4-9)19-14(21)12(13(20)18-15(19)22)8-10-2-1-7-17-10/h1-8,21H,(H,18,20,22). The molecule has 3 rings (SSSR count). The Hall–Kier alpha value is -2.25. The van der Waals surface area contributed by atoms with Crippen molar-refractivity contribution in [3.8, 4) is 11.6 Å². The molecule has 1 aliphatic rings.